The molecule has 1 amide bonds. The van der Waals surface area contributed by atoms with Gasteiger partial charge in [-0.05, 0) is 87.7 Å². The highest BCUT2D eigenvalue weighted by Gasteiger charge is 2.18. The first-order valence-corrected chi connectivity index (χ1v) is 12.3. The lowest BCUT2D eigenvalue weighted by atomic mass is 10.2. The number of anilines is 1. The SMILES string of the molecule is Cc1ccc(-n2c(SCC(=O)Nc3c(Br)cc(C)cc3Br)nnc2-c2cccnc2)cc1. The van der Waals surface area contributed by atoms with Gasteiger partial charge in [-0.2, -0.15) is 0 Å². The summed E-state index contributed by atoms with van der Waals surface area (Å²) in [5.41, 5.74) is 4.73. The average Bonchev–Trinajstić information content (AvgIpc) is 3.20. The van der Waals surface area contributed by atoms with E-state index in [2.05, 4.69) is 52.4 Å². The Bertz CT molecular complexity index is 1240. The van der Waals surface area contributed by atoms with Crippen molar-refractivity contribution in [3.05, 3.63) is 81.0 Å². The van der Waals surface area contributed by atoms with Crippen LogP contribution in [0.4, 0.5) is 5.69 Å². The molecule has 162 valence electrons. The van der Waals surface area contributed by atoms with Crippen LogP contribution in [0.3, 0.4) is 0 Å². The number of carbonyl (C=O) groups excluding carboxylic acids is 1. The van der Waals surface area contributed by atoms with E-state index in [1.165, 1.54) is 11.8 Å². The van der Waals surface area contributed by atoms with Gasteiger partial charge in [0.2, 0.25) is 5.91 Å². The molecule has 2 heterocycles. The summed E-state index contributed by atoms with van der Waals surface area (Å²) in [5, 5.41) is 12.3. The van der Waals surface area contributed by atoms with Gasteiger partial charge in [-0.25, -0.2) is 0 Å². The topological polar surface area (TPSA) is 72.7 Å². The number of nitrogens with one attached hydrogen (secondary N) is 1. The molecule has 0 saturated heterocycles. The third-order valence-corrected chi connectivity index (χ3v) is 6.81. The third-order valence-electron chi connectivity index (χ3n) is 4.63. The number of amides is 1. The minimum absolute atomic E-state index is 0.137. The Kier molecular flexibility index (Phi) is 7.07. The number of pyridine rings is 1. The maximum atomic E-state index is 12.7. The normalized spacial score (nSPS) is 10.9. The van der Waals surface area contributed by atoms with Gasteiger partial charge in [0.1, 0.15) is 0 Å². The summed E-state index contributed by atoms with van der Waals surface area (Å²) < 4.78 is 3.60. The lowest BCUT2D eigenvalue weighted by Crippen LogP contribution is -2.15. The second-order valence-corrected chi connectivity index (χ2v) is 9.81. The molecule has 0 unspecified atom stereocenters. The van der Waals surface area contributed by atoms with E-state index >= 15 is 0 Å². The third kappa shape index (κ3) is 5.11. The fourth-order valence-corrected chi connectivity index (χ4v) is 5.46. The number of benzene rings is 2. The van der Waals surface area contributed by atoms with Crippen LogP contribution in [0.5, 0.6) is 0 Å². The molecule has 0 atom stereocenters. The Balaban J connectivity index is 1.59. The monoisotopic (exact) mass is 571 g/mol. The van der Waals surface area contributed by atoms with Gasteiger partial charge in [-0.3, -0.25) is 14.3 Å². The highest BCUT2D eigenvalue weighted by molar-refractivity contribution is 9.11. The van der Waals surface area contributed by atoms with Crippen LogP contribution in [0.2, 0.25) is 0 Å². The van der Waals surface area contributed by atoms with Crippen molar-refractivity contribution >= 4 is 55.2 Å². The van der Waals surface area contributed by atoms with Crippen molar-refractivity contribution in [1.29, 1.82) is 0 Å². The minimum atomic E-state index is -0.137. The van der Waals surface area contributed by atoms with Gasteiger partial charge in [0.05, 0.1) is 11.4 Å². The molecule has 0 aliphatic carbocycles. The van der Waals surface area contributed by atoms with Crippen LogP contribution in [0.15, 0.2) is 75.0 Å². The number of thioether (sulfide) groups is 1. The number of carbonyl (C=O) groups is 1. The second-order valence-electron chi connectivity index (χ2n) is 7.16. The van der Waals surface area contributed by atoms with E-state index in [9.17, 15) is 4.79 Å². The van der Waals surface area contributed by atoms with Gasteiger partial charge in [-0.15, -0.1) is 10.2 Å². The Morgan fingerprint density at radius 2 is 1.75 bits per heavy atom. The summed E-state index contributed by atoms with van der Waals surface area (Å²) in [6.45, 7) is 4.04. The minimum Gasteiger partial charge on any atom is -0.323 e. The molecule has 4 aromatic rings. The number of hydrogen-bond acceptors (Lipinski definition) is 5. The molecule has 0 radical (unpaired) electrons. The van der Waals surface area contributed by atoms with Crippen molar-refractivity contribution in [2.45, 2.75) is 19.0 Å². The number of halogens is 2. The van der Waals surface area contributed by atoms with Crippen LogP contribution in [0, 0.1) is 13.8 Å². The Labute approximate surface area is 207 Å². The number of nitrogens with zero attached hydrogens (tertiary/aromatic N) is 4. The smallest absolute Gasteiger partial charge is 0.234 e. The number of aromatic nitrogens is 4. The van der Waals surface area contributed by atoms with E-state index in [0.29, 0.717) is 16.7 Å². The molecule has 0 spiro atoms. The predicted molar refractivity (Wildman–Crippen MR) is 135 cm³/mol. The zero-order chi connectivity index (χ0) is 22.7. The molecule has 6 nitrogen and oxygen atoms in total. The van der Waals surface area contributed by atoms with Gasteiger partial charge in [0.25, 0.3) is 0 Å². The Morgan fingerprint density at radius 1 is 1.03 bits per heavy atom. The molecular weight excluding hydrogens is 554 g/mol. The van der Waals surface area contributed by atoms with E-state index in [4.69, 9.17) is 0 Å². The fourth-order valence-electron chi connectivity index (χ4n) is 3.10. The van der Waals surface area contributed by atoms with Gasteiger partial charge in [0, 0.05) is 32.6 Å². The molecule has 9 heteroatoms. The van der Waals surface area contributed by atoms with Crippen molar-refractivity contribution in [2.75, 3.05) is 11.1 Å². The molecule has 4 rings (SSSR count). The highest BCUT2D eigenvalue weighted by atomic mass is 79.9. The maximum absolute atomic E-state index is 12.7. The van der Waals surface area contributed by atoms with Crippen molar-refractivity contribution in [2.24, 2.45) is 0 Å². The van der Waals surface area contributed by atoms with E-state index in [0.717, 1.165) is 31.3 Å². The maximum Gasteiger partial charge on any atom is 0.234 e. The predicted octanol–water partition coefficient (Wildman–Crippen LogP) is 6.20. The number of rotatable bonds is 6. The van der Waals surface area contributed by atoms with Crippen molar-refractivity contribution < 1.29 is 4.79 Å². The quantitative estimate of drug-likeness (QED) is 0.278. The van der Waals surface area contributed by atoms with Crippen molar-refractivity contribution in [3.8, 4) is 17.1 Å². The summed E-state index contributed by atoms with van der Waals surface area (Å²) in [5.74, 6) is 0.722. The van der Waals surface area contributed by atoms with Gasteiger partial charge in [0.15, 0.2) is 11.0 Å². The Hall–Kier alpha value is -2.49. The fraction of sp³-hybridized carbons (Fsp3) is 0.130. The van der Waals surface area contributed by atoms with Crippen molar-refractivity contribution in [3.63, 3.8) is 0 Å². The summed E-state index contributed by atoms with van der Waals surface area (Å²) in [6, 6.07) is 15.8. The van der Waals surface area contributed by atoms with Crippen LogP contribution in [0.25, 0.3) is 17.1 Å². The van der Waals surface area contributed by atoms with Gasteiger partial charge in [-0.1, -0.05) is 29.5 Å². The lowest BCUT2D eigenvalue weighted by molar-refractivity contribution is -0.113. The molecule has 1 N–H and O–H groups in total. The zero-order valence-corrected chi connectivity index (χ0v) is 21.3. The first-order valence-electron chi connectivity index (χ1n) is 9.73. The molecule has 32 heavy (non-hydrogen) atoms. The molecule has 0 bridgehead atoms. The summed E-state index contributed by atoms with van der Waals surface area (Å²) in [6.07, 6.45) is 3.47. The van der Waals surface area contributed by atoms with Crippen LogP contribution >= 0.6 is 43.6 Å². The van der Waals surface area contributed by atoms with Crippen LogP contribution in [-0.2, 0) is 4.79 Å². The standard InChI is InChI=1S/C23H19Br2N5OS/c1-14-5-7-17(8-6-14)30-22(16-4-3-9-26-12-16)28-29-23(30)32-13-20(31)27-21-18(24)10-15(2)11-19(21)25/h3-12H,13H2,1-2H3,(H,27,31). The average molecular weight is 573 g/mol. The van der Waals surface area contributed by atoms with Crippen molar-refractivity contribution in [1.82, 2.24) is 19.7 Å². The molecular formula is C23H19Br2N5OS. The molecule has 2 aromatic heterocycles. The highest BCUT2D eigenvalue weighted by Crippen LogP contribution is 2.33. The number of aryl methyl sites for hydroxylation is 2. The van der Waals surface area contributed by atoms with E-state index < -0.39 is 0 Å². The first kappa shape index (κ1) is 22.7. The second kappa shape index (κ2) is 9.97. The molecule has 0 aliphatic rings. The molecule has 0 fully saturated rings. The molecule has 0 aliphatic heterocycles. The van der Waals surface area contributed by atoms with E-state index in [-0.39, 0.29) is 11.7 Å². The van der Waals surface area contributed by atoms with Gasteiger partial charge >= 0.3 is 0 Å². The van der Waals surface area contributed by atoms with E-state index in [1.807, 2.05) is 66.9 Å². The Morgan fingerprint density at radius 3 is 2.41 bits per heavy atom. The number of hydrogen-bond donors (Lipinski definition) is 1. The lowest BCUT2D eigenvalue weighted by Gasteiger charge is -2.12. The van der Waals surface area contributed by atoms with Crippen LogP contribution in [0.1, 0.15) is 11.1 Å². The van der Waals surface area contributed by atoms with E-state index in [1.54, 1.807) is 12.4 Å². The summed E-state index contributed by atoms with van der Waals surface area (Å²) in [7, 11) is 0. The zero-order valence-electron chi connectivity index (χ0n) is 17.3. The van der Waals surface area contributed by atoms with Crippen LogP contribution < -0.4 is 5.32 Å². The summed E-state index contributed by atoms with van der Waals surface area (Å²) >= 11 is 8.36. The largest absolute Gasteiger partial charge is 0.323 e. The first-order chi connectivity index (χ1) is 15.4. The van der Waals surface area contributed by atoms with Gasteiger partial charge < -0.3 is 5.32 Å². The molecule has 0 saturated carbocycles. The molecule has 2 aromatic carbocycles. The van der Waals surface area contributed by atoms with Crippen LogP contribution in [-0.4, -0.2) is 31.4 Å². The summed E-state index contributed by atoms with van der Waals surface area (Å²) in [4.78, 5) is 16.9.